The van der Waals surface area contributed by atoms with Crippen LogP contribution in [0, 0.1) is 0 Å². The predicted molar refractivity (Wildman–Crippen MR) is 125 cm³/mol. The summed E-state index contributed by atoms with van der Waals surface area (Å²) in [4.78, 5) is 0. The third kappa shape index (κ3) is 12.1. The minimum absolute atomic E-state index is 0.0807. The van der Waals surface area contributed by atoms with Crippen LogP contribution >= 0.6 is 0 Å². The van der Waals surface area contributed by atoms with Gasteiger partial charge in [-0.1, -0.05) is 34.6 Å². The lowest BCUT2D eigenvalue weighted by Crippen LogP contribution is -2.30. The molecule has 0 aromatic heterocycles. The van der Waals surface area contributed by atoms with Gasteiger partial charge in [-0.3, -0.25) is 0 Å². The van der Waals surface area contributed by atoms with Crippen molar-refractivity contribution in [2.45, 2.75) is 104 Å². The lowest BCUT2D eigenvalue weighted by Gasteiger charge is -2.23. The van der Waals surface area contributed by atoms with E-state index in [1.807, 2.05) is 0 Å². The molecule has 0 amide bonds. The summed E-state index contributed by atoms with van der Waals surface area (Å²) in [5.74, 6) is 0. The molecular weight excluding hydrogens is 384 g/mol. The topological polar surface area (TPSA) is 36.9 Å². The van der Waals surface area contributed by atoms with Crippen LogP contribution in [-0.4, -0.2) is 56.0 Å². The first kappa shape index (κ1) is 25.5. The van der Waals surface area contributed by atoms with Gasteiger partial charge in [0.2, 0.25) is 0 Å². The van der Waals surface area contributed by atoms with Crippen molar-refractivity contribution in [1.82, 2.24) is 0 Å². The minimum atomic E-state index is -0.405. The molecule has 0 unspecified atom stereocenters. The van der Waals surface area contributed by atoms with Crippen molar-refractivity contribution in [3.05, 3.63) is 24.3 Å². The molecule has 0 saturated heterocycles. The SMILES string of the molecule is CC(C)OC(C[SiH2]c1ccc([SiH2]CC(OC(C)C)OC(C)C)cc1)OC(C)C. The summed E-state index contributed by atoms with van der Waals surface area (Å²) >= 11 is 0. The second kappa shape index (κ2) is 13.7. The summed E-state index contributed by atoms with van der Waals surface area (Å²) in [6.45, 7) is 16.5. The molecule has 1 aromatic carbocycles. The Bertz CT molecular complexity index is 451. The van der Waals surface area contributed by atoms with E-state index in [2.05, 4.69) is 79.7 Å². The molecule has 0 aliphatic rings. The first-order valence-corrected chi connectivity index (χ1v) is 14.3. The molecule has 0 N–H and O–H groups in total. The standard InChI is InChI=1S/C22H42O4Si2/c1-15(2)23-21(24-16(3)4)13-27-19-9-11-20(12-10-19)28-14-22(25-17(5)6)26-18(7)8/h9-12,15-18,21-22H,13-14,27-28H2,1-8H3. The fourth-order valence-electron chi connectivity index (χ4n) is 2.99. The van der Waals surface area contributed by atoms with E-state index in [0.29, 0.717) is 0 Å². The van der Waals surface area contributed by atoms with Crippen LogP contribution in [0.5, 0.6) is 0 Å². The average Bonchev–Trinajstić information content (AvgIpc) is 2.56. The van der Waals surface area contributed by atoms with Gasteiger partial charge in [0, 0.05) is 0 Å². The summed E-state index contributed by atoms with van der Waals surface area (Å²) in [6, 6.07) is 11.2. The summed E-state index contributed by atoms with van der Waals surface area (Å²) in [7, 11) is -0.809. The highest BCUT2D eigenvalue weighted by Gasteiger charge is 2.15. The minimum Gasteiger partial charge on any atom is -0.350 e. The maximum Gasteiger partial charge on any atom is 0.155 e. The van der Waals surface area contributed by atoms with Gasteiger partial charge in [0.05, 0.1) is 43.5 Å². The van der Waals surface area contributed by atoms with E-state index >= 15 is 0 Å². The normalized spacial score (nSPS) is 13.4. The van der Waals surface area contributed by atoms with Gasteiger partial charge in [-0.25, -0.2) is 0 Å². The van der Waals surface area contributed by atoms with E-state index in [4.69, 9.17) is 18.9 Å². The van der Waals surface area contributed by atoms with Crippen LogP contribution in [-0.2, 0) is 18.9 Å². The van der Waals surface area contributed by atoms with Gasteiger partial charge in [-0.05, 0) is 67.5 Å². The molecule has 0 heterocycles. The van der Waals surface area contributed by atoms with Crippen LogP contribution < -0.4 is 10.4 Å². The van der Waals surface area contributed by atoms with E-state index in [9.17, 15) is 0 Å². The Balaban J connectivity index is 2.52. The van der Waals surface area contributed by atoms with Crippen molar-refractivity contribution in [2.24, 2.45) is 0 Å². The molecule has 0 aliphatic heterocycles. The fraction of sp³-hybridized carbons (Fsp3) is 0.727. The van der Waals surface area contributed by atoms with E-state index in [0.717, 1.165) is 12.1 Å². The van der Waals surface area contributed by atoms with Gasteiger partial charge in [-0.2, -0.15) is 0 Å². The maximum atomic E-state index is 5.93. The van der Waals surface area contributed by atoms with Crippen molar-refractivity contribution < 1.29 is 18.9 Å². The lowest BCUT2D eigenvalue weighted by molar-refractivity contribution is -0.169. The summed E-state index contributed by atoms with van der Waals surface area (Å²) in [5.41, 5.74) is 0. The fourth-order valence-corrected chi connectivity index (χ4v) is 5.81. The number of rotatable bonds is 14. The first-order chi connectivity index (χ1) is 13.2. The third-order valence-corrected chi connectivity index (χ3v) is 7.67. The van der Waals surface area contributed by atoms with E-state index in [1.165, 1.54) is 10.4 Å². The van der Waals surface area contributed by atoms with Crippen LogP contribution in [0.2, 0.25) is 12.1 Å². The second-order valence-corrected chi connectivity index (χ2v) is 12.3. The average molecular weight is 427 g/mol. The molecule has 6 heteroatoms. The van der Waals surface area contributed by atoms with Crippen molar-refractivity contribution in [1.29, 1.82) is 0 Å². The summed E-state index contributed by atoms with van der Waals surface area (Å²) < 4.78 is 23.7. The van der Waals surface area contributed by atoms with Crippen LogP contribution in [0.4, 0.5) is 0 Å². The number of hydrogen-bond donors (Lipinski definition) is 0. The Morgan fingerprint density at radius 3 is 1.00 bits per heavy atom. The van der Waals surface area contributed by atoms with Crippen molar-refractivity contribution in [3.63, 3.8) is 0 Å². The molecule has 162 valence electrons. The van der Waals surface area contributed by atoms with Crippen LogP contribution in [0.25, 0.3) is 0 Å². The maximum absolute atomic E-state index is 5.93. The van der Waals surface area contributed by atoms with Crippen molar-refractivity contribution in [3.8, 4) is 0 Å². The Morgan fingerprint density at radius 2 is 0.786 bits per heavy atom. The van der Waals surface area contributed by atoms with E-state index < -0.39 is 19.0 Å². The Morgan fingerprint density at radius 1 is 0.536 bits per heavy atom. The van der Waals surface area contributed by atoms with Crippen molar-refractivity contribution in [2.75, 3.05) is 0 Å². The highest BCUT2D eigenvalue weighted by atomic mass is 28.2. The first-order valence-electron chi connectivity index (χ1n) is 10.8. The number of hydrogen-bond acceptors (Lipinski definition) is 4. The molecule has 1 rings (SSSR count). The van der Waals surface area contributed by atoms with Gasteiger partial charge in [0.15, 0.2) is 12.6 Å². The van der Waals surface area contributed by atoms with Crippen LogP contribution in [0.3, 0.4) is 0 Å². The summed E-state index contributed by atoms with van der Waals surface area (Å²) in [6.07, 6.45) is 0.617. The van der Waals surface area contributed by atoms with Crippen LogP contribution in [0.15, 0.2) is 24.3 Å². The molecule has 4 nitrogen and oxygen atoms in total. The Kier molecular flexibility index (Phi) is 12.5. The zero-order chi connectivity index (χ0) is 21.1. The van der Waals surface area contributed by atoms with Crippen LogP contribution in [0.1, 0.15) is 55.4 Å². The quantitative estimate of drug-likeness (QED) is 0.338. The van der Waals surface area contributed by atoms with Gasteiger partial charge in [0.25, 0.3) is 0 Å². The van der Waals surface area contributed by atoms with Crippen molar-refractivity contribution >= 4 is 29.4 Å². The molecule has 0 spiro atoms. The molecule has 0 atom stereocenters. The molecule has 0 fully saturated rings. The second-order valence-electron chi connectivity index (χ2n) is 8.49. The van der Waals surface area contributed by atoms with Gasteiger partial charge in [0.1, 0.15) is 0 Å². The van der Waals surface area contributed by atoms with E-state index in [1.54, 1.807) is 0 Å². The zero-order valence-electron chi connectivity index (χ0n) is 19.2. The summed E-state index contributed by atoms with van der Waals surface area (Å²) in [5, 5.41) is 2.94. The monoisotopic (exact) mass is 426 g/mol. The van der Waals surface area contributed by atoms with Gasteiger partial charge < -0.3 is 18.9 Å². The predicted octanol–water partition coefficient (Wildman–Crippen LogP) is 2.46. The molecule has 28 heavy (non-hydrogen) atoms. The molecular formula is C22H42O4Si2. The zero-order valence-corrected chi connectivity index (χ0v) is 22.1. The smallest absolute Gasteiger partial charge is 0.155 e. The van der Waals surface area contributed by atoms with E-state index in [-0.39, 0.29) is 37.0 Å². The highest BCUT2D eigenvalue weighted by molar-refractivity contribution is 6.55. The molecule has 1 aromatic rings. The molecule has 0 bridgehead atoms. The molecule has 0 aliphatic carbocycles. The van der Waals surface area contributed by atoms with Gasteiger partial charge >= 0.3 is 0 Å². The third-order valence-electron chi connectivity index (χ3n) is 4.06. The largest absolute Gasteiger partial charge is 0.350 e. The lowest BCUT2D eigenvalue weighted by atomic mass is 10.4. The molecule has 0 radical (unpaired) electrons. The molecule has 0 saturated carbocycles. The van der Waals surface area contributed by atoms with Gasteiger partial charge in [-0.15, -0.1) is 0 Å². The Labute approximate surface area is 177 Å². The number of benzene rings is 1. The highest BCUT2D eigenvalue weighted by Crippen LogP contribution is 2.09. The number of ether oxygens (including phenoxy) is 4. The Hall–Kier alpha value is -0.506.